The van der Waals surface area contributed by atoms with Gasteiger partial charge in [-0.2, -0.15) is 5.26 Å². The van der Waals surface area contributed by atoms with E-state index in [1.54, 1.807) is 25.1 Å². The molecule has 7 heteroatoms. The molecule has 0 unspecified atom stereocenters. The summed E-state index contributed by atoms with van der Waals surface area (Å²) in [6, 6.07) is 6.74. The first kappa shape index (κ1) is 18.1. The molecule has 0 bridgehead atoms. The van der Waals surface area contributed by atoms with E-state index >= 15 is 0 Å². The molecule has 0 aliphatic carbocycles. The third-order valence-electron chi connectivity index (χ3n) is 3.54. The quantitative estimate of drug-likeness (QED) is 0.826. The van der Waals surface area contributed by atoms with E-state index in [1.807, 2.05) is 13.0 Å². The lowest BCUT2D eigenvalue weighted by atomic mass is 10.1. The Labute approximate surface area is 149 Å². The zero-order valence-electron chi connectivity index (χ0n) is 13.2. The van der Waals surface area contributed by atoms with Gasteiger partial charge in [-0.1, -0.05) is 30.1 Å². The van der Waals surface area contributed by atoms with Crippen LogP contribution in [0.15, 0.2) is 28.0 Å². The standard InChI is InChI=1S/C17H15Cl2N3O2/c1-3-6-22-16(23)12(8-20)10(2)13(17(22)24)9-21-15-5-4-11(18)7-14(15)19/h4-5,7,9,24H,3,6H2,1-2H3. The maximum Gasteiger partial charge on any atom is 0.271 e. The highest BCUT2D eigenvalue weighted by molar-refractivity contribution is 6.36. The molecule has 1 aromatic carbocycles. The lowest BCUT2D eigenvalue weighted by Crippen LogP contribution is -2.25. The summed E-state index contributed by atoms with van der Waals surface area (Å²) in [7, 11) is 0. The summed E-state index contributed by atoms with van der Waals surface area (Å²) in [5.41, 5.74) is 0.638. The summed E-state index contributed by atoms with van der Waals surface area (Å²) in [6.07, 6.45) is 2.03. The first-order valence-corrected chi connectivity index (χ1v) is 8.01. The number of halogens is 2. The van der Waals surface area contributed by atoms with Crippen LogP contribution in [0.5, 0.6) is 5.88 Å². The molecule has 124 valence electrons. The Morgan fingerprint density at radius 2 is 2.12 bits per heavy atom. The number of nitriles is 1. The Morgan fingerprint density at radius 1 is 1.42 bits per heavy atom. The molecule has 0 amide bonds. The van der Waals surface area contributed by atoms with Gasteiger partial charge < -0.3 is 5.11 Å². The van der Waals surface area contributed by atoms with Crippen molar-refractivity contribution in [2.75, 3.05) is 0 Å². The van der Waals surface area contributed by atoms with Crippen LogP contribution in [0, 0.1) is 18.3 Å². The second kappa shape index (κ2) is 7.52. The summed E-state index contributed by atoms with van der Waals surface area (Å²) < 4.78 is 1.18. The van der Waals surface area contributed by atoms with Gasteiger partial charge in [0, 0.05) is 17.8 Å². The van der Waals surface area contributed by atoms with Crippen molar-refractivity contribution >= 4 is 35.1 Å². The van der Waals surface area contributed by atoms with Gasteiger partial charge in [-0.25, -0.2) is 0 Å². The number of benzene rings is 1. The van der Waals surface area contributed by atoms with Gasteiger partial charge >= 0.3 is 0 Å². The molecular formula is C17H15Cl2N3O2. The Bertz CT molecular complexity index is 912. The maximum atomic E-state index is 12.2. The second-order valence-electron chi connectivity index (χ2n) is 5.16. The van der Waals surface area contributed by atoms with Gasteiger partial charge in [0.2, 0.25) is 5.88 Å². The molecule has 0 aliphatic heterocycles. The van der Waals surface area contributed by atoms with Crippen LogP contribution in [0.2, 0.25) is 10.0 Å². The van der Waals surface area contributed by atoms with Crippen molar-refractivity contribution in [3.63, 3.8) is 0 Å². The average molecular weight is 364 g/mol. The molecule has 2 rings (SSSR count). The zero-order chi connectivity index (χ0) is 17.9. The van der Waals surface area contributed by atoms with Gasteiger partial charge in [-0.3, -0.25) is 14.4 Å². The van der Waals surface area contributed by atoms with Crippen molar-refractivity contribution in [1.82, 2.24) is 4.57 Å². The number of aromatic nitrogens is 1. The monoisotopic (exact) mass is 363 g/mol. The minimum atomic E-state index is -0.504. The molecule has 1 N–H and O–H groups in total. The van der Waals surface area contributed by atoms with E-state index in [4.69, 9.17) is 23.2 Å². The summed E-state index contributed by atoms with van der Waals surface area (Å²) in [5, 5.41) is 20.5. The number of aliphatic imine (C=N–C) groups is 1. The Morgan fingerprint density at radius 3 is 2.71 bits per heavy atom. The van der Waals surface area contributed by atoms with Gasteiger partial charge in [0.15, 0.2) is 0 Å². The molecule has 2 aromatic rings. The molecule has 0 fully saturated rings. The van der Waals surface area contributed by atoms with Crippen LogP contribution in [-0.2, 0) is 6.54 Å². The molecule has 0 spiro atoms. The van der Waals surface area contributed by atoms with Crippen molar-refractivity contribution in [3.8, 4) is 11.9 Å². The highest BCUT2D eigenvalue weighted by Crippen LogP contribution is 2.28. The lowest BCUT2D eigenvalue weighted by molar-refractivity contribution is 0.403. The van der Waals surface area contributed by atoms with Crippen molar-refractivity contribution < 1.29 is 5.11 Å². The smallest absolute Gasteiger partial charge is 0.271 e. The number of nitrogens with zero attached hydrogens (tertiary/aromatic N) is 3. The molecule has 5 nitrogen and oxygen atoms in total. The average Bonchev–Trinajstić information content (AvgIpc) is 2.53. The fourth-order valence-electron chi connectivity index (χ4n) is 2.28. The maximum absolute atomic E-state index is 12.2. The fourth-order valence-corrected chi connectivity index (χ4v) is 2.73. The van der Waals surface area contributed by atoms with Crippen LogP contribution in [0.25, 0.3) is 0 Å². The second-order valence-corrected chi connectivity index (χ2v) is 6.00. The van der Waals surface area contributed by atoms with Crippen LogP contribution in [0.4, 0.5) is 5.69 Å². The van der Waals surface area contributed by atoms with Crippen molar-refractivity contribution in [3.05, 3.63) is 55.3 Å². The first-order chi connectivity index (χ1) is 11.4. The van der Waals surface area contributed by atoms with Gasteiger partial charge in [0.1, 0.15) is 11.6 Å². The van der Waals surface area contributed by atoms with Gasteiger partial charge in [0.05, 0.1) is 16.3 Å². The van der Waals surface area contributed by atoms with Crippen LogP contribution in [0.1, 0.15) is 30.0 Å². The minimum absolute atomic E-state index is 0.00935. The highest BCUT2D eigenvalue weighted by Gasteiger charge is 2.17. The van der Waals surface area contributed by atoms with E-state index in [9.17, 15) is 15.2 Å². The normalized spacial score (nSPS) is 11.0. The molecule has 0 atom stereocenters. The van der Waals surface area contributed by atoms with Crippen molar-refractivity contribution in [1.29, 1.82) is 5.26 Å². The van der Waals surface area contributed by atoms with Gasteiger partial charge in [0.25, 0.3) is 5.56 Å². The van der Waals surface area contributed by atoms with Crippen LogP contribution < -0.4 is 5.56 Å². The Kier molecular flexibility index (Phi) is 5.66. The zero-order valence-corrected chi connectivity index (χ0v) is 14.7. The third-order valence-corrected chi connectivity index (χ3v) is 4.07. The molecule has 0 aliphatic rings. The van der Waals surface area contributed by atoms with E-state index in [0.717, 1.165) is 0 Å². The highest BCUT2D eigenvalue weighted by atomic mass is 35.5. The minimum Gasteiger partial charge on any atom is -0.494 e. The molecular weight excluding hydrogens is 349 g/mol. The topological polar surface area (TPSA) is 78.4 Å². The fraction of sp³-hybridized carbons (Fsp3) is 0.235. The largest absolute Gasteiger partial charge is 0.494 e. The number of hydrogen-bond donors (Lipinski definition) is 1. The summed E-state index contributed by atoms with van der Waals surface area (Å²) in [4.78, 5) is 16.5. The summed E-state index contributed by atoms with van der Waals surface area (Å²) in [5.74, 6) is -0.216. The van der Waals surface area contributed by atoms with Gasteiger partial charge in [-0.15, -0.1) is 0 Å². The number of pyridine rings is 1. The molecule has 24 heavy (non-hydrogen) atoms. The molecule has 0 radical (unpaired) electrons. The first-order valence-electron chi connectivity index (χ1n) is 7.26. The van der Waals surface area contributed by atoms with Crippen molar-refractivity contribution in [2.24, 2.45) is 4.99 Å². The van der Waals surface area contributed by atoms with Gasteiger partial charge in [-0.05, 0) is 37.1 Å². The van der Waals surface area contributed by atoms with E-state index in [2.05, 4.69) is 4.99 Å². The Balaban J connectivity index is 2.61. The van der Waals surface area contributed by atoms with E-state index in [0.29, 0.717) is 39.8 Å². The Hall–Kier alpha value is -2.29. The van der Waals surface area contributed by atoms with Crippen LogP contribution in [0.3, 0.4) is 0 Å². The predicted octanol–water partition coefficient (Wildman–Crippen LogP) is 4.20. The van der Waals surface area contributed by atoms with Crippen molar-refractivity contribution in [2.45, 2.75) is 26.8 Å². The number of hydrogen-bond acceptors (Lipinski definition) is 4. The molecule has 0 saturated carbocycles. The summed E-state index contributed by atoms with van der Waals surface area (Å²) >= 11 is 11.9. The summed E-state index contributed by atoms with van der Waals surface area (Å²) in [6.45, 7) is 3.78. The number of rotatable bonds is 4. The van der Waals surface area contributed by atoms with E-state index in [1.165, 1.54) is 10.8 Å². The SMILES string of the molecule is CCCn1c(O)c(C=Nc2ccc(Cl)cc2Cl)c(C)c(C#N)c1=O. The molecule has 1 heterocycles. The molecule has 1 aromatic heterocycles. The molecule has 0 saturated heterocycles. The van der Waals surface area contributed by atoms with Crippen LogP contribution >= 0.6 is 23.2 Å². The lowest BCUT2D eigenvalue weighted by Gasteiger charge is -2.13. The van der Waals surface area contributed by atoms with Crippen LogP contribution in [-0.4, -0.2) is 15.9 Å². The third kappa shape index (κ3) is 3.45. The predicted molar refractivity (Wildman–Crippen MR) is 95.8 cm³/mol. The van der Waals surface area contributed by atoms with E-state index < -0.39 is 5.56 Å². The van der Waals surface area contributed by atoms with E-state index in [-0.39, 0.29) is 11.4 Å². The number of aromatic hydroxyl groups is 1.